The number of hydrogen-bond donors (Lipinski definition) is 0. The molecule has 1 aliphatic carbocycles. The van der Waals surface area contributed by atoms with Gasteiger partial charge in [-0.15, -0.1) is 0 Å². The molecule has 0 amide bonds. The summed E-state index contributed by atoms with van der Waals surface area (Å²) in [6.45, 7) is 12.3. The summed E-state index contributed by atoms with van der Waals surface area (Å²) in [6.07, 6.45) is 1.27. The van der Waals surface area contributed by atoms with Crippen molar-refractivity contribution in [3.63, 3.8) is 0 Å². The Kier molecular flexibility index (Phi) is 6.00. The molecule has 0 saturated heterocycles. The molecule has 5 nitrogen and oxygen atoms in total. The van der Waals surface area contributed by atoms with Gasteiger partial charge in [0.05, 0.1) is 11.8 Å². The van der Waals surface area contributed by atoms with Crippen LogP contribution < -0.4 is 0 Å². The van der Waals surface area contributed by atoms with Crippen LogP contribution in [0.5, 0.6) is 0 Å². The van der Waals surface area contributed by atoms with E-state index in [-0.39, 0.29) is 29.5 Å². The first-order valence-corrected chi connectivity index (χ1v) is 7.18. The van der Waals surface area contributed by atoms with Crippen molar-refractivity contribution in [3.05, 3.63) is 23.9 Å². The minimum atomic E-state index is -0.512. The Morgan fingerprint density at radius 3 is 2.10 bits per heavy atom. The van der Waals surface area contributed by atoms with Crippen molar-refractivity contribution >= 4 is 11.9 Å². The van der Waals surface area contributed by atoms with Crippen molar-refractivity contribution < 1.29 is 23.8 Å². The maximum Gasteiger partial charge on any atom is 0.314 e. The average molecular weight is 296 g/mol. The van der Waals surface area contributed by atoms with Crippen LogP contribution in [0.1, 0.15) is 47.5 Å². The first-order valence-electron chi connectivity index (χ1n) is 7.18. The van der Waals surface area contributed by atoms with E-state index in [1.807, 2.05) is 0 Å². The molecule has 0 bridgehead atoms. The van der Waals surface area contributed by atoms with Crippen molar-refractivity contribution in [1.29, 1.82) is 0 Å². The number of rotatable bonds is 7. The van der Waals surface area contributed by atoms with E-state index in [2.05, 4.69) is 6.58 Å². The SMILES string of the molecule is C=C(OC(=O)C(C)C)C(C)OC(C)=C(C)OC(=O)C1CC1. The Balaban J connectivity index is 2.51. The van der Waals surface area contributed by atoms with E-state index in [9.17, 15) is 9.59 Å². The molecular formula is C16H24O5. The molecule has 0 aromatic heterocycles. The van der Waals surface area contributed by atoms with Crippen LogP contribution in [0.2, 0.25) is 0 Å². The lowest BCUT2D eigenvalue weighted by Gasteiger charge is -2.19. The van der Waals surface area contributed by atoms with Crippen LogP contribution in [0.25, 0.3) is 0 Å². The smallest absolute Gasteiger partial charge is 0.314 e. The van der Waals surface area contributed by atoms with E-state index >= 15 is 0 Å². The first kappa shape index (κ1) is 17.3. The number of hydrogen-bond acceptors (Lipinski definition) is 5. The van der Waals surface area contributed by atoms with E-state index < -0.39 is 6.10 Å². The Bertz CT molecular complexity index is 457. The molecule has 0 aromatic carbocycles. The van der Waals surface area contributed by atoms with E-state index in [1.165, 1.54) is 0 Å². The average Bonchev–Trinajstić information content (AvgIpc) is 3.22. The third-order valence-electron chi connectivity index (χ3n) is 3.17. The molecule has 0 heterocycles. The lowest BCUT2D eigenvalue weighted by Crippen LogP contribution is -2.19. The topological polar surface area (TPSA) is 61.8 Å². The van der Waals surface area contributed by atoms with Crippen LogP contribution in [0.4, 0.5) is 0 Å². The van der Waals surface area contributed by atoms with Crippen LogP contribution in [0, 0.1) is 11.8 Å². The Morgan fingerprint density at radius 2 is 1.62 bits per heavy atom. The third-order valence-corrected chi connectivity index (χ3v) is 3.17. The normalized spacial score (nSPS) is 16.9. The molecule has 1 fully saturated rings. The van der Waals surface area contributed by atoms with Crippen molar-refractivity contribution in [1.82, 2.24) is 0 Å². The van der Waals surface area contributed by atoms with Gasteiger partial charge in [0.25, 0.3) is 0 Å². The summed E-state index contributed by atoms with van der Waals surface area (Å²) in [5, 5.41) is 0. The fourth-order valence-corrected chi connectivity index (χ4v) is 1.37. The minimum absolute atomic E-state index is 0.0344. The predicted molar refractivity (Wildman–Crippen MR) is 77.8 cm³/mol. The van der Waals surface area contributed by atoms with Gasteiger partial charge in [0.2, 0.25) is 0 Å². The molecule has 21 heavy (non-hydrogen) atoms. The Hall–Kier alpha value is -1.78. The van der Waals surface area contributed by atoms with E-state index in [4.69, 9.17) is 14.2 Å². The molecule has 1 rings (SSSR count). The van der Waals surface area contributed by atoms with Crippen molar-refractivity contribution in [2.45, 2.75) is 53.6 Å². The zero-order valence-corrected chi connectivity index (χ0v) is 13.4. The van der Waals surface area contributed by atoms with Gasteiger partial charge in [-0.05, 0) is 33.6 Å². The number of esters is 2. The molecule has 0 radical (unpaired) electrons. The van der Waals surface area contributed by atoms with Gasteiger partial charge in [-0.3, -0.25) is 9.59 Å². The van der Waals surface area contributed by atoms with Gasteiger partial charge in [0.15, 0.2) is 6.10 Å². The molecule has 1 saturated carbocycles. The fourth-order valence-electron chi connectivity index (χ4n) is 1.37. The van der Waals surface area contributed by atoms with Gasteiger partial charge in [-0.1, -0.05) is 20.4 Å². The summed E-state index contributed by atoms with van der Waals surface area (Å²) in [4.78, 5) is 23.0. The summed E-state index contributed by atoms with van der Waals surface area (Å²) in [7, 11) is 0. The van der Waals surface area contributed by atoms with Gasteiger partial charge < -0.3 is 14.2 Å². The molecule has 118 valence electrons. The summed E-state index contributed by atoms with van der Waals surface area (Å²) in [5.41, 5.74) is 0. The van der Waals surface area contributed by atoms with Crippen molar-refractivity contribution in [2.24, 2.45) is 11.8 Å². The second-order valence-electron chi connectivity index (χ2n) is 5.61. The van der Waals surface area contributed by atoms with Crippen molar-refractivity contribution in [2.75, 3.05) is 0 Å². The minimum Gasteiger partial charge on any atom is -0.484 e. The molecule has 1 aliphatic rings. The van der Waals surface area contributed by atoms with Gasteiger partial charge in [-0.25, -0.2) is 0 Å². The highest BCUT2D eigenvalue weighted by Crippen LogP contribution is 2.31. The number of carbonyl (C=O) groups is 2. The first-order chi connectivity index (χ1) is 9.72. The van der Waals surface area contributed by atoms with Gasteiger partial charge in [0, 0.05) is 0 Å². The number of allylic oxidation sites excluding steroid dienone is 2. The van der Waals surface area contributed by atoms with Crippen LogP contribution in [0.3, 0.4) is 0 Å². The summed E-state index contributed by atoms with van der Waals surface area (Å²) in [6, 6.07) is 0. The van der Waals surface area contributed by atoms with Gasteiger partial charge >= 0.3 is 11.9 Å². The molecular weight excluding hydrogens is 272 g/mol. The zero-order chi connectivity index (χ0) is 16.2. The lowest BCUT2D eigenvalue weighted by molar-refractivity contribution is -0.144. The zero-order valence-electron chi connectivity index (χ0n) is 13.4. The second-order valence-corrected chi connectivity index (χ2v) is 5.61. The van der Waals surface area contributed by atoms with Gasteiger partial charge in [-0.2, -0.15) is 0 Å². The molecule has 0 aromatic rings. The monoisotopic (exact) mass is 296 g/mol. The van der Waals surface area contributed by atoms with E-state index in [0.717, 1.165) is 12.8 Å². The maximum absolute atomic E-state index is 11.6. The van der Waals surface area contributed by atoms with Crippen LogP contribution in [-0.2, 0) is 23.8 Å². The van der Waals surface area contributed by atoms with Crippen LogP contribution in [-0.4, -0.2) is 18.0 Å². The molecule has 0 spiro atoms. The molecule has 5 heteroatoms. The number of ether oxygens (including phenoxy) is 3. The Labute approximate surface area is 125 Å². The van der Waals surface area contributed by atoms with E-state index in [0.29, 0.717) is 11.5 Å². The lowest BCUT2D eigenvalue weighted by atomic mass is 10.2. The summed E-state index contributed by atoms with van der Waals surface area (Å²) >= 11 is 0. The predicted octanol–water partition coefficient (Wildman–Crippen LogP) is 3.31. The standard InChI is InChI=1S/C16H24O5/c1-9(2)15(17)20-12(5)10(3)19-11(4)13(6)21-16(18)14-7-8-14/h9-10,14H,5,7-8H2,1-4,6H3. The second kappa shape index (κ2) is 7.29. The summed E-state index contributed by atoms with van der Waals surface area (Å²) < 4.78 is 15.9. The quantitative estimate of drug-likeness (QED) is 0.533. The Morgan fingerprint density at radius 1 is 1.05 bits per heavy atom. The van der Waals surface area contributed by atoms with Crippen molar-refractivity contribution in [3.8, 4) is 0 Å². The largest absolute Gasteiger partial charge is 0.484 e. The van der Waals surface area contributed by atoms with Crippen LogP contribution >= 0.6 is 0 Å². The molecule has 0 N–H and O–H groups in total. The molecule has 1 unspecified atom stereocenters. The third kappa shape index (κ3) is 5.61. The number of carbonyl (C=O) groups excluding carboxylic acids is 2. The summed E-state index contributed by atoms with van der Waals surface area (Å²) in [5.74, 6) is 0.357. The molecule has 0 aliphatic heterocycles. The van der Waals surface area contributed by atoms with Gasteiger partial charge in [0.1, 0.15) is 17.3 Å². The fraction of sp³-hybridized carbons (Fsp3) is 0.625. The highest BCUT2D eigenvalue weighted by molar-refractivity contribution is 5.75. The van der Waals surface area contributed by atoms with Crippen LogP contribution in [0.15, 0.2) is 23.9 Å². The highest BCUT2D eigenvalue weighted by atomic mass is 16.6. The van der Waals surface area contributed by atoms with E-state index in [1.54, 1.807) is 34.6 Å². The maximum atomic E-state index is 11.6. The highest BCUT2D eigenvalue weighted by Gasteiger charge is 2.32. The molecule has 1 atom stereocenters.